The van der Waals surface area contributed by atoms with Crippen molar-refractivity contribution in [2.75, 3.05) is 19.8 Å². The van der Waals surface area contributed by atoms with Gasteiger partial charge in [-0.05, 0) is 42.0 Å². The Bertz CT molecular complexity index is 667. The van der Waals surface area contributed by atoms with Crippen LogP contribution in [0.15, 0.2) is 53.0 Å². The molecule has 0 atom stereocenters. The zero-order valence-electron chi connectivity index (χ0n) is 12.0. The highest BCUT2D eigenvalue weighted by molar-refractivity contribution is 9.10. The third-order valence-electron chi connectivity index (χ3n) is 2.94. The predicted octanol–water partition coefficient (Wildman–Crippen LogP) is 3.92. The van der Waals surface area contributed by atoms with Gasteiger partial charge < -0.3 is 10.1 Å². The number of carbonyl (C=O) groups excluding carboxylic acids is 1. The summed E-state index contributed by atoms with van der Waals surface area (Å²) in [7, 11) is 0. The van der Waals surface area contributed by atoms with E-state index in [4.69, 9.17) is 4.74 Å². The lowest BCUT2D eigenvalue weighted by Gasteiger charge is -2.07. The van der Waals surface area contributed by atoms with Gasteiger partial charge in [0.15, 0.2) is 0 Å². The minimum atomic E-state index is -0.0845. The Morgan fingerprint density at radius 3 is 2.71 bits per heavy atom. The topological polar surface area (TPSA) is 38.3 Å². The molecule has 0 aromatic heterocycles. The summed E-state index contributed by atoms with van der Waals surface area (Å²) in [5.74, 6) is -0.0845. The molecule has 0 radical (unpaired) electrons. The Morgan fingerprint density at radius 1 is 1.24 bits per heavy atom. The molecule has 110 valence electrons. The van der Waals surface area contributed by atoms with Gasteiger partial charge in [0.25, 0.3) is 5.91 Å². The van der Waals surface area contributed by atoms with Crippen LogP contribution in [-0.4, -0.2) is 25.7 Å². The summed E-state index contributed by atoms with van der Waals surface area (Å²) >= 11 is 3.44. The number of halogens is 1. The number of rotatable bonds is 6. The summed E-state index contributed by atoms with van der Waals surface area (Å²) in [4.78, 5) is 12.1. The quantitative estimate of drug-likeness (QED) is 0.635. The first-order valence-corrected chi connectivity index (χ1v) is 7.55. The summed E-state index contributed by atoms with van der Waals surface area (Å²) in [5, 5.41) is 4.99. The second-order valence-electron chi connectivity index (χ2n) is 4.97. The molecule has 0 bridgehead atoms. The molecule has 0 fully saturated rings. The van der Waals surface area contributed by atoms with Crippen molar-refractivity contribution in [1.29, 1.82) is 0 Å². The minimum absolute atomic E-state index is 0.0845. The van der Waals surface area contributed by atoms with Crippen molar-refractivity contribution in [3.05, 3.63) is 58.6 Å². The Hall–Kier alpha value is -1.65. The number of carbonyl (C=O) groups is 1. The van der Waals surface area contributed by atoms with Crippen molar-refractivity contribution < 1.29 is 9.53 Å². The summed E-state index contributed by atoms with van der Waals surface area (Å²) < 4.78 is 6.37. The van der Waals surface area contributed by atoms with Gasteiger partial charge in [-0.2, -0.15) is 0 Å². The van der Waals surface area contributed by atoms with E-state index in [0.29, 0.717) is 25.3 Å². The van der Waals surface area contributed by atoms with Crippen molar-refractivity contribution in [2.45, 2.75) is 6.92 Å². The van der Waals surface area contributed by atoms with E-state index in [-0.39, 0.29) is 5.91 Å². The van der Waals surface area contributed by atoms with E-state index in [2.05, 4.69) is 27.8 Å². The fourth-order valence-corrected chi connectivity index (χ4v) is 2.32. The normalized spacial score (nSPS) is 10.6. The number of fused-ring (bicyclic) bond motifs is 1. The molecule has 0 saturated carbocycles. The Kier molecular flexibility index (Phi) is 5.53. The van der Waals surface area contributed by atoms with E-state index < -0.39 is 0 Å². The number of hydrogen-bond acceptors (Lipinski definition) is 2. The molecule has 0 aliphatic rings. The molecule has 1 amide bonds. The molecule has 0 unspecified atom stereocenters. The maximum Gasteiger partial charge on any atom is 0.251 e. The molecule has 2 aromatic carbocycles. The van der Waals surface area contributed by atoms with Gasteiger partial charge in [-0.25, -0.2) is 0 Å². The lowest BCUT2D eigenvalue weighted by molar-refractivity contribution is 0.0927. The molecule has 21 heavy (non-hydrogen) atoms. The first-order valence-electron chi connectivity index (χ1n) is 6.76. The second kappa shape index (κ2) is 7.38. The number of ether oxygens (including phenoxy) is 1. The third-order valence-corrected chi connectivity index (χ3v) is 3.44. The highest BCUT2D eigenvalue weighted by Gasteiger charge is 2.06. The SMILES string of the molecule is C=C(C)COCCNC(=O)c1ccc2cc(Br)ccc2c1. The van der Waals surface area contributed by atoms with Crippen molar-refractivity contribution in [1.82, 2.24) is 5.32 Å². The van der Waals surface area contributed by atoms with Gasteiger partial charge in [-0.1, -0.05) is 40.2 Å². The van der Waals surface area contributed by atoms with E-state index in [9.17, 15) is 4.79 Å². The van der Waals surface area contributed by atoms with Crippen molar-refractivity contribution >= 4 is 32.6 Å². The molecule has 4 heteroatoms. The van der Waals surface area contributed by atoms with Gasteiger partial charge in [-0.15, -0.1) is 0 Å². The average Bonchev–Trinajstić information content (AvgIpc) is 2.45. The van der Waals surface area contributed by atoms with Gasteiger partial charge >= 0.3 is 0 Å². The van der Waals surface area contributed by atoms with Crippen molar-refractivity contribution in [2.24, 2.45) is 0 Å². The standard InChI is InChI=1S/C17H18BrNO2/c1-12(2)11-21-8-7-19-17(20)15-4-3-14-10-16(18)6-5-13(14)9-15/h3-6,9-10H,1,7-8,11H2,2H3,(H,19,20). The van der Waals surface area contributed by atoms with Gasteiger partial charge in [0.05, 0.1) is 13.2 Å². The zero-order valence-corrected chi connectivity index (χ0v) is 13.6. The van der Waals surface area contributed by atoms with Gasteiger partial charge in [-0.3, -0.25) is 4.79 Å². The van der Waals surface area contributed by atoms with E-state index in [1.807, 2.05) is 43.3 Å². The fraction of sp³-hybridized carbons (Fsp3) is 0.235. The van der Waals surface area contributed by atoms with Crippen LogP contribution in [0.2, 0.25) is 0 Å². The molecular formula is C17H18BrNO2. The van der Waals surface area contributed by atoms with Gasteiger partial charge in [0.1, 0.15) is 0 Å². The van der Waals surface area contributed by atoms with Crippen LogP contribution in [0.1, 0.15) is 17.3 Å². The molecule has 3 nitrogen and oxygen atoms in total. The van der Waals surface area contributed by atoms with E-state index in [0.717, 1.165) is 20.8 Å². The number of hydrogen-bond donors (Lipinski definition) is 1. The van der Waals surface area contributed by atoms with E-state index in [1.54, 1.807) is 0 Å². The average molecular weight is 348 g/mol. The van der Waals surface area contributed by atoms with Crippen molar-refractivity contribution in [3.8, 4) is 0 Å². The first-order chi connectivity index (χ1) is 10.1. The molecule has 0 heterocycles. The van der Waals surface area contributed by atoms with Crippen LogP contribution >= 0.6 is 15.9 Å². The largest absolute Gasteiger partial charge is 0.375 e. The van der Waals surface area contributed by atoms with Crippen LogP contribution in [0.25, 0.3) is 10.8 Å². The Balaban J connectivity index is 1.93. The lowest BCUT2D eigenvalue weighted by atomic mass is 10.1. The molecular weight excluding hydrogens is 330 g/mol. The predicted molar refractivity (Wildman–Crippen MR) is 89.6 cm³/mol. The fourth-order valence-electron chi connectivity index (χ4n) is 1.94. The summed E-state index contributed by atoms with van der Waals surface area (Å²) in [6.45, 7) is 7.17. The summed E-state index contributed by atoms with van der Waals surface area (Å²) in [6, 6.07) is 11.7. The monoisotopic (exact) mass is 347 g/mol. The molecule has 2 aromatic rings. The maximum atomic E-state index is 12.1. The molecule has 2 rings (SSSR count). The molecule has 0 spiro atoms. The highest BCUT2D eigenvalue weighted by atomic mass is 79.9. The third kappa shape index (κ3) is 4.69. The number of amides is 1. The van der Waals surface area contributed by atoms with E-state index in [1.165, 1.54) is 0 Å². The second-order valence-corrected chi connectivity index (χ2v) is 5.89. The number of nitrogens with one attached hydrogen (secondary N) is 1. The smallest absolute Gasteiger partial charge is 0.251 e. The molecule has 1 N–H and O–H groups in total. The minimum Gasteiger partial charge on any atom is -0.375 e. The van der Waals surface area contributed by atoms with Crippen LogP contribution in [0.4, 0.5) is 0 Å². The summed E-state index contributed by atoms with van der Waals surface area (Å²) in [6.07, 6.45) is 0. The highest BCUT2D eigenvalue weighted by Crippen LogP contribution is 2.20. The lowest BCUT2D eigenvalue weighted by Crippen LogP contribution is -2.27. The van der Waals surface area contributed by atoms with E-state index >= 15 is 0 Å². The van der Waals surface area contributed by atoms with Gasteiger partial charge in [0.2, 0.25) is 0 Å². The van der Waals surface area contributed by atoms with Gasteiger partial charge in [0, 0.05) is 16.6 Å². The van der Waals surface area contributed by atoms with Crippen LogP contribution in [0.3, 0.4) is 0 Å². The van der Waals surface area contributed by atoms with Crippen LogP contribution < -0.4 is 5.32 Å². The summed E-state index contributed by atoms with van der Waals surface area (Å²) in [5.41, 5.74) is 1.63. The van der Waals surface area contributed by atoms with Crippen LogP contribution in [0, 0.1) is 0 Å². The zero-order chi connectivity index (χ0) is 15.2. The Morgan fingerprint density at radius 2 is 1.95 bits per heavy atom. The molecule has 0 saturated heterocycles. The molecule has 0 aliphatic heterocycles. The first kappa shape index (κ1) is 15.7. The van der Waals surface area contributed by atoms with Crippen LogP contribution in [-0.2, 0) is 4.74 Å². The van der Waals surface area contributed by atoms with Crippen molar-refractivity contribution in [3.63, 3.8) is 0 Å². The molecule has 0 aliphatic carbocycles. The van der Waals surface area contributed by atoms with Crippen LogP contribution in [0.5, 0.6) is 0 Å². The number of benzene rings is 2. The maximum absolute atomic E-state index is 12.1. The Labute approximate surface area is 133 Å².